The molecule has 4 nitrogen and oxygen atoms in total. The van der Waals surface area contributed by atoms with Gasteiger partial charge in [0.2, 0.25) is 5.91 Å². The van der Waals surface area contributed by atoms with Crippen LogP contribution < -0.4 is 11.2 Å². The average Bonchev–Trinajstić information content (AvgIpc) is 3.17. The van der Waals surface area contributed by atoms with Gasteiger partial charge in [-0.15, -0.1) is 0 Å². The van der Waals surface area contributed by atoms with Crippen molar-refractivity contribution in [1.29, 1.82) is 0 Å². The highest BCUT2D eigenvalue weighted by Crippen LogP contribution is 2.38. The minimum absolute atomic E-state index is 0.376. The highest BCUT2D eigenvalue weighted by atomic mass is 16.7. The minimum atomic E-state index is -0.451. The second-order valence-electron chi connectivity index (χ2n) is 7.92. The third-order valence-electron chi connectivity index (χ3n) is 5.52. The molecule has 0 spiro atoms. The number of carbonyl (C=O) groups excluding carboxylic acids is 1. The topological polar surface area (TPSA) is 61.6 Å². The number of aryl methyl sites for hydroxylation is 1. The fourth-order valence-electron chi connectivity index (χ4n) is 3.13. The molecular formula is C18H26BNO3. The van der Waals surface area contributed by atoms with Crippen molar-refractivity contribution < 1.29 is 14.1 Å². The third-order valence-corrected chi connectivity index (χ3v) is 5.52. The van der Waals surface area contributed by atoms with E-state index in [1.54, 1.807) is 0 Å². The molecule has 0 bridgehead atoms. The summed E-state index contributed by atoms with van der Waals surface area (Å²) in [7, 11) is -0.451. The Bertz CT molecular complexity index is 634. The van der Waals surface area contributed by atoms with Crippen LogP contribution in [-0.2, 0) is 15.7 Å². The van der Waals surface area contributed by atoms with Crippen LogP contribution in [0.1, 0.15) is 62.0 Å². The quantitative estimate of drug-likeness (QED) is 0.868. The molecule has 124 valence electrons. The molecule has 1 aromatic carbocycles. The Labute approximate surface area is 138 Å². The first-order valence-electron chi connectivity index (χ1n) is 8.40. The van der Waals surface area contributed by atoms with Crippen molar-refractivity contribution >= 4 is 18.5 Å². The maximum absolute atomic E-state index is 11.9. The van der Waals surface area contributed by atoms with E-state index in [1.165, 1.54) is 12.8 Å². The van der Waals surface area contributed by atoms with Crippen molar-refractivity contribution in [1.82, 2.24) is 0 Å². The van der Waals surface area contributed by atoms with E-state index in [0.717, 1.165) is 23.0 Å². The molecule has 1 saturated heterocycles. The number of nitrogens with two attached hydrogens (primary N) is 1. The van der Waals surface area contributed by atoms with Crippen LogP contribution in [0.3, 0.4) is 0 Å². The van der Waals surface area contributed by atoms with Gasteiger partial charge in [0.25, 0.3) is 0 Å². The van der Waals surface area contributed by atoms with Gasteiger partial charge in [-0.1, -0.05) is 11.6 Å². The first-order valence-corrected chi connectivity index (χ1v) is 8.40. The average molecular weight is 315 g/mol. The van der Waals surface area contributed by atoms with Crippen LogP contribution >= 0.6 is 0 Å². The molecule has 0 unspecified atom stereocenters. The van der Waals surface area contributed by atoms with E-state index < -0.39 is 18.3 Å². The van der Waals surface area contributed by atoms with Crippen molar-refractivity contribution in [3.63, 3.8) is 0 Å². The zero-order valence-corrected chi connectivity index (χ0v) is 14.7. The Hall–Kier alpha value is -1.33. The van der Waals surface area contributed by atoms with Gasteiger partial charge >= 0.3 is 7.12 Å². The molecule has 1 aliphatic carbocycles. The van der Waals surface area contributed by atoms with Gasteiger partial charge in [-0.3, -0.25) is 4.79 Å². The van der Waals surface area contributed by atoms with Crippen molar-refractivity contribution in [3.05, 3.63) is 28.8 Å². The lowest BCUT2D eigenvalue weighted by Crippen LogP contribution is -2.41. The number of hydrogen-bond donors (Lipinski definition) is 1. The summed E-state index contributed by atoms with van der Waals surface area (Å²) in [4.78, 5) is 11.9. The van der Waals surface area contributed by atoms with Crippen LogP contribution in [0, 0.1) is 12.8 Å². The summed E-state index contributed by atoms with van der Waals surface area (Å²) in [5.41, 5.74) is 8.51. The van der Waals surface area contributed by atoms with E-state index >= 15 is 0 Å². The van der Waals surface area contributed by atoms with Crippen LogP contribution in [0.2, 0.25) is 0 Å². The lowest BCUT2D eigenvalue weighted by atomic mass is 9.71. The fourth-order valence-corrected chi connectivity index (χ4v) is 3.13. The molecule has 0 atom stereocenters. The Morgan fingerprint density at radius 3 is 2.26 bits per heavy atom. The Balaban J connectivity index is 2.07. The van der Waals surface area contributed by atoms with Crippen LogP contribution in [-0.4, -0.2) is 24.2 Å². The lowest BCUT2D eigenvalue weighted by Gasteiger charge is -2.32. The van der Waals surface area contributed by atoms with Gasteiger partial charge < -0.3 is 15.0 Å². The summed E-state index contributed by atoms with van der Waals surface area (Å²) < 4.78 is 12.5. The van der Waals surface area contributed by atoms with Crippen LogP contribution in [0.15, 0.2) is 12.1 Å². The number of amides is 1. The zero-order chi connectivity index (χ0) is 17.0. The largest absolute Gasteiger partial charge is 0.495 e. The molecule has 1 heterocycles. The molecule has 1 saturated carbocycles. The number of carbonyl (C=O) groups is 1. The maximum atomic E-state index is 11.9. The molecule has 1 amide bonds. The Morgan fingerprint density at radius 2 is 1.78 bits per heavy atom. The first kappa shape index (κ1) is 16.5. The van der Waals surface area contributed by atoms with E-state index in [4.69, 9.17) is 15.0 Å². The highest BCUT2D eigenvalue weighted by molar-refractivity contribution is 6.63. The molecule has 0 radical (unpaired) electrons. The van der Waals surface area contributed by atoms with E-state index in [-0.39, 0.29) is 5.91 Å². The Kier molecular flexibility index (Phi) is 3.85. The number of rotatable bonds is 4. The van der Waals surface area contributed by atoms with Crippen LogP contribution in [0.5, 0.6) is 0 Å². The fraction of sp³-hybridized carbons (Fsp3) is 0.611. The monoisotopic (exact) mass is 315 g/mol. The van der Waals surface area contributed by atoms with Gasteiger partial charge in [-0.05, 0) is 76.9 Å². The zero-order valence-electron chi connectivity index (χ0n) is 14.7. The summed E-state index contributed by atoms with van der Waals surface area (Å²) in [5, 5.41) is 0. The molecule has 3 rings (SSSR count). The molecule has 2 N–H and O–H groups in total. The molecule has 0 aromatic heterocycles. The van der Waals surface area contributed by atoms with E-state index in [2.05, 4.69) is 0 Å². The van der Waals surface area contributed by atoms with Gasteiger partial charge in [0.15, 0.2) is 0 Å². The smallest absolute Gasteiger partial charge is 0.399 e. The van der Waals surface area contributed by atoms with E-state index in [0.29, 0.717) is 11.5 Å². The molecular weight excluding hydrogens is 289 g/mol. The van der Waals surface area contributed by atoms with Gasteiger partial charge in [0, 0.05) is 5.56 Å². The molecule has 2 aliphatic rings. The van der Waals surface area contributed by atoms with Crippen LogP contribution in [0.4, 0.5) is 0 Å². The normalized spacial score (nSPS) is 22.4. The number of primary amides is 1. The van der Waals surface area contributed by atoms with Gasteiger partial charge in [-0.25, -0.2) is 0 Å². The van der Waals surface area contributed by atoms with Gasteiger partial charge in [0.05, 0.1) is 11.2 Å². The van der Waals surface area contributed by atoms with Crippen LogP contribution in [0.25, 0.3) is 0 Å². The standard InChI is InChI=1S/C18H26BNO3/c1-11-6-9-13(16(20)21)14(10-12-7-8-12)15(11)19-22-17(2,3)18(4,5)23-19/h6,9,12H,7-8,10H2,1-5H3,(H2,20,21). The van der Waals surface area contributed by atoms with Crippen molar-refractivity contribution in [2.24, 2.45) is 11.7 Å². The molecule has 1 aromatic rings. The summed E-state index contributed by atoms with van der Waals surface area (Å²) >= 11 is 0. The Morgan fingerprint density at radius 1 is 1.22 bits per heavy atom. The molecule has 2 fully saturated rings. The van der Waals surface area contributed by atoms with Crippen molar-refractivity contribution in [2.45, 2.75) is 65.1 Å². The molecule has 5 heteroatoms. The third kappa shape index (κ3) is 2.92. The molecule has 1 aliphatic heterocycles. The lowest BCUT2D eigenvalue weighted by molar-refractivity contribution is 0.00578. The second-order valence-corrected chi connectivity index (χ2v) is 7.92. The molecule has 23 heavy (non-hydrogen) atoms. The minimum Gasteiger partial charge on any atom is -0.399 e. The van der Waals surface area contributed by atoms with Crippen molar-refractivity contribution in [3.8, 4) is 0 Å². The van der Waals surface area contributed by atoms with Crippen molar-refractivity contribution in [2.75, 3.05) is 0 Å². The predicted octanol–water partition coefficient (Wildman–Crippen LogP) is 2.35. The summed E-state index contributed by atoms with van der Waals surface area (Å²) in [5.74, 6) is 0.273. The second kappa shape index (κ2) is 5.35. The summed E-state index contributed by atoms with van der Waals surface area (Å²) in [6.45, 7) is 10.2. The van der Waals surface area contributed by atoms with Gasteiger partial charge in [0.1, 0.15) is 0 Å². The summed E-state index contributed by atoms with van der Waals surface area (Å²) in [6.07, 6.45) is 3.31. The van der Waals surface area contributed by atoms with Gasteiger partial charge in [-0.2, -0.15) is 0 Å². The van der Waals surface area contributed by atoms with E-state index in [9.17, 15) is 4.79 Å². The predicted molar refractivity (Wildman–Crippen MR) is 91.8 cm³/mol. The first-order chi connectivity index (χ1) is 10.6. The summed E-state index contributed by atoms with van der Waals surface area (Å²) in [6, 6.07) is 3.78. The maximum Gasteiger partial charge on any atom is 0.495 e. The van der Waals surface area contributed by atoms with E-state index in [1.807, 2.05) is 46.8 Å². The number of benzene rings is 1. The SMILES string of the molecule is Cc1ccc(C(N)=O)c(CC2CC2)c1B1OC(C)(C)C(C)(C)O1. The highest BCUT2D eigenvalue weighted by Gasteiger charge is 2.52. The number of hydrogen-bond acceptors (Lipinski definition) is 3.